The summed E-state index contributed by atoms with van der Waals surface area (Å²) in [5, 5.41) is 0.855. The van der Waals surface area contributed by atoms with E-state index in [4.69, 9.17) is 27.9 Å². The lowest BCUT2D eigenvalue weighted by Gasteiger charge is -2.03. The van der Waals surface area contributed by atoms with Crippen LogP contribution in [0.5, 0.6) is 11.5 Å². The zero-order valence-corrected chi connectivity index (χ0v) is 9.03. The first-order valence-electron chi connectivity index (χ1n) is 4.15. The molecule has 0 aliphatic heterocycles. The first kappa shape index (κ1) is 10.2. The van der Waals surface area contributed by atoms with Crippen LogP contribution in [0.3, 0.4) is 0 Å². The Kier molecular flexibility index (Phi) is 3.04. The predicted octanol–water partition coefficient (Wildman–Crippen LogP) is 3.58. The summed E-state index contributed by atoms with van der Waals surface area (Å²) in [5.41, 5.74) is 0. The van der Waals surface area contributed by atoms with Crippen molar-refractivity contribution in [2.75, 3.05) is 0 Å². The summed E-state index contributed by atoms with van der Waals surface area (Å²) in [7, 11) is 0. The van der Waals surface area contributed by atoms with E-state index in [0.29, 0.717) is 21.8 Å². The van der Waals surface area contributed by atoms with Crippen molar-refractivity contribution in [1.29, 1.82) is 0 Å². The largest absolute Gasteiger partial charge is 0.454 e. The number of hydrogen-bond acceptors (Lipinski definition) is 3. The molecule has 5 heteroatoms. The van der Waals surface area contributed by atoms with Crippen LogP contribution in [0.15, 0.2) is 36.7 Å². The first-order valence-corrected chi connectivity index (χ1v) is 4.90. The van der Waals surface area contributed by atoms with Gasteiger partial charge in [0, 0.05) is 0 Å². The summed E-state index contributed by atoms with van der Waals surface area (Å²) in [5.74, 6) is 1.20. The Morgan fingerprint density at radius 3 is 1.60 bits per heavy atom. The van der Waals surface area contributed by atoms with Crippen LogP contribution >= 0.6 is 23.2 Å². The van der Waals surface area contributed by atoms with Crippen LogP contribution in [0.2, 0.25) is 10.3 Å². The molecule has 15 heavy (non-hydrogen) atoms. The van der Waals surface area contributed by atoms with E-state index in [0.717, 1.165) is 0 Å². The fraction of sp³-hybridized carbons (Fsp3) is 0. The third kappa shape index (κ3) is 2.81. The van der Waals surface area contributed by atoms with Gasteiger partial charge in [0.05, 0.1) is 12.4 Å². The van der Waals surface area contributed by atoms with E-state index in [1.807, 2.05) is 0 Å². The number of pyridine rings is 2. The van der Waals surface area contributed by atoms with E-state index in [1.54, 1.807) is 24.3 Å². The van der Waals surface area contributed by atoms with Gasteiger partial charge in [-0.2, -0.15) is 0 Å². The lowest BCUT2D eigenvalue weighted by molar-refractivity contribution is 0.478. The topological polar surface area (TPSA) is 35.0 Å². The van der Waals surface area contributed by atoms with Crippen LogP contribution in [0.1, 0.15) is 0 Å². The van der Waals surface area contributed by atoms with Gasteiger partial charge in [-0.1, -0.05) is 23.2 Å². The predicted molar refractivity (Wildman–Crippen MR) is 58.6 cm³/mol. The highest BCUT2D eigenvalue weighted by atomic mass is 35.5. The first-order chi connectivity index (χ1) is 7.24. The summed E-state index contributed by atoms with van der Waals surface area (Å²) in [6.45, 7) is 0. The van der Waals surface area contributed by atoms with Crippen molar-refractivity contribution in [2.45, 2.75) is 0 Å². The lowest BCUT2D eigenvalue weighted by Crippen LogP contribution is -1.86. The second-order valence-corrected chi connectivity index (χ2v) is 3.51. The third-order valence-corrected chi connectivity index (χ3v) is 2.08. The molecule has 0 aliphatic rings. The molecule has 2 rings (SSSR count). The maximum absolute atomic E-state index is 5.64. The Hall–Kier alpha value is -1.32. The van der Waals surface area contributed by atoms with Crippen molar-refractivity contribution in [3.8, 4) is 11.5 Å². The van der Waals surface area contributed by atoms with Gasteiger partial charge >= 0.3 is 0 Å². The normalized spacial score (nSPS) is 10.0. The van der Waals surface area contributed by atoms with Crippen molar-refractivity contribution in [3.63, 3.8) is 0 Å². The summed E-state index contributed by atoms with van der Waals surface area (Å²) in [6.07, 6.45) is 3.08. The van der Waals surface area contributed by atoms with Crippen molar-refractivity contribution >= 4 is 23.2 Å². The highest BCUT2D eigenvalue weighted by Crippen LogP contribution is 2.21. The number of halogens is 2. The maximum atomic E-state index is 5.64. The molecule has 2 aromatic heterocycles. The standard InChI is InChI=1S/C10H6Cl2N2O/c11-9-3-1-7(5-13-9)15-8-2-4-10(12)14-6-8/h1-6H. The van der Waals surface area contributed by atoms with Gasteiger partial charge in [0.2, 0.25) is 0 Å². The minimum absolute atomic E-state index is 0.427. The molecule has 2 aromatic rings. The number of ether oxygens (including phenoxy) is 1. The highest BCUT2D eigenvalue weighted by molar-refractivity contribution is 6.29. The zero-order chi connectivity index (χ0) is 10.7. The monoisotopic (exact) mass is 240 g/mol. The molecule has 0 aromatic carbocycles. The van der Waals surface area contributed by atoms with Crippen LogP contribution in [-0.2, 0) is 0 Å². The van der Waals surface area contributed by atoms with Gasteiger partial charge < -0.3 is 4.74 Å². The van der Waals surface area contributed by atoms with Crippen LogP contribution in [-0.4, -0.2) is 9.97 Å². The molecule has 0 fully saturated rings. The smallest absolute Gasteiger partial charge is 0.145 e. The lowest BCUT2D eigenvalue weighted by atomic mass is 10.4. The van der Waals surface area contributed by atoms with Crippen molar-refractivity contribution in [1.82, 2.24) is 9.97 Å². The van der Waals surface area contributed by atoms with Gasteiger partial charge in [0.15, 0.2) is 0 Å². The summed E-state index contributed by atoms with van der Waals surface area (Å²) >= 11 is 11.3. The number of nitrogens with zero attached hydrogens (tertiary/aromatic N) is 2. The van der Waals surface area contributed by atoms with E-state index in [-0.39, 0.29) is 0 Å². The number of hydrogen-bond donors (Lipinski definition) is 0. The van der Waals surface area contributed by atoms with Crippen LogP contribution in [0, 0.1) is 0 Å². The van der Waals surface area contributed by atoms with Crippen LogP contribution in [0.25, 0.3) is 0 Å². The van der Waals surface area contributed by atoms with Crippen LogP contribution < -0.4 is 4.74 Å². The molecule has 0 bridgehead atoms. The molecule has 0 unspecified atom stereocenters. The second kappa shape index (κ2) is 4.47. The van der Waals surface area contributed by atoms with Crippen molar-refractivity contribution in [2.24, 2.45) is 0 Å². The molecule has 3 nitrogen and oxygen atoms in total. The maximum Gasteiger partial charge on any atom is 0.145 e. The van der Waals surface area contributed by atoms with E-state index in [9.17, 15) is 0 Å². The molecule has 0 saturated heterocycles. The molecule has 76 valence electrons. The van der Waals surface area contributed by atoms with Crippen molar-refractivity contribution in [3.05, 3.63) is 47.0 Å². The van der Waals surface area contributed by atoms with E-state index >= 15 is 0 Å². The van der Waals surface area contributed by atoms with Crippen molar-refractivity contribution < 1.29 is 4.74 Å². The third-order valence-electron chi connectivity index (χ3n) is 1.64. The Labute approximate surface area is 96.6 Å². The Balaban J connectivity index is 2.15. The Morgan fingerprint density at radius 1 is 0.800 bits per heavy atom. The molecular formula is C10H6Cl2N2O. The van der Waals surface area contributed by atoms with Gasteiger partial charge in [-0.15, -0.1) is 0 Å². The molecule has 0 atom stereocenters. The minimum atomic E-state index is 0.427. The SMILES string of the molecule is Clc1ccc(Oc2ccc(Cl)nc2)cn1. The zero-order valence-electron chi connectivity index (χ0n) is 7.52. The Bertz CT molecular complexity index is 398. The molecule has 0 N–H and O–H groups in total. The van der Waals surface area contributed by atoms with Gasteiger partial charge in [-0.05, 0) is 24.3 Å². The van der Waals surface area contributed by atoms with E-state index in [1.165, 1.54) is 12.4 Å². The minimum Gasteiger partial charge on any atom is -0.454 e. The average molecular weight is 241 g/mol. The molecule has 0 aliphatic carbocycles. The van der Waals surface area contributed by atoms with Gasteiger partial charge in [0.25, 0.3) is 0 Å². The van der Waals surface area contributed by atoms with Gasteiger partial charge in [-0.3, -0.25) is 0 Å². The molecule has 0 amide bonds. The van der Waals surface area contributed by atoms with Crippen LogP contribution in [0.4, 0.5) is 0 Å². The molecule has 0 spiro atoms. The number of aromatic nitrogens is 2. The molecular weight excluding hydrogens is 235 g/mol. The molecule has 0 saturated carbocycles. The molecule has 0 radical (unpaired) electrons. The van der Waals surface area contributed by atoms with E-state index < -0.39 is 0 Å². The van der Waals surface area contributed by atoms with Gasteiger partial charge in [0.1, 0.15) is 21.8 Å². The molecule has 2 heterocycles. The quantitative estimate of drug-likeness (QED) is 0.753. The average Bonchev–Trinajstić information content (AvgIpc) is 2.25. The van der Waals surface area contributed by atoms with E-state index in [2.05, 4.69) is 9.97 Å². The summed E-state index contributed by atoms with van der Waals surface area (Å²) in [6, 6.07) is 6.76. The number of rotatable bonds is 2. The Morgan fingerprint density at radius 2 is 1.27 bits per heavy atom. The fourth-order valence-corrected chi connectivity index (χ4v) is 1.20. The van der Waals surface area contributed by atoms with Gasteiger partial charge in [-0.25, -0.2) is 9.97 Å². The highest BCUT2D eigenvalue weighted by Gasteiger charge is 1.98. The fourth-order valence-electron chi connectivity index (χ4n) is 0.981. The summed E-state index contributed by atoms with van der Waals surface area (Å²) in [4.78, 5) is 7.77. The summed E-state index contributed by atoms with van der Waals surface area (Å²) < 4.78 is 5.45. The second-order valence-electron chi connectivity index (χ2n) is 2.74.